The summed E-state index contributed by atoms with van der Waals surface area (Å²) in [6.45, 7) is -3.85. The minimum atomic E-state index is -3.85. The molecule has 0 saturated heterocycles. The maximum absolute atomic E-state index is 14.7. The van der Waals surface area contributed by atoms with E-state index in [0.717, 1.165) is 20.1 Å². The van der Waals surface area contributed by atoms with Gasteiger partial charge in [0, 0.05) is 22.3 Å². The summed E-state index contributed by atoms with van der Waals surface area (Å²) in [4.78, 5) is 0. The van der Waals surface area contributed by atoms with Crippen LogP contribution in [0, 0.1) is 0 Å². The highest BCUT2D eigenvalue weighted by molar-refractivity contribution is 9.10. The number of hydrogen-bond acceptors (Lipinski definition) is 0. The maximum atomic E-state index is 14.7. The van der Waals surface area contributed by atoms with Gasteiger partial charge in [0.05, 0.1) is 5.57 Å². The summed E-state index contributed by atoms with van der Waals surface area (Å²) in [7, 11) is 0. The Kier molecular flexibility index (Phi) is 2.60. The molecule has 0 spiro atoms. The topological polar surface area (TPSA) is 7.94 Å². The van der Waals surface area contributed by atoms with Crippen molar-refractivity contribution in [1.82, 2.24) is 4.48 Å². The highest BCUT2D eigenvalue weighted by Crippen LogP contribution is 2.39. The van der Waals surface area contributed by atoms with Crippen LogP contribution < -0.4 is 0 Å². The number of fused-ring (bicyclic) bond motifs is 2. The average Bonchev–Trinajstić information content (AvgIpc) is 3.08. The number of rotatable bonds is 1. The van der Waals surface area contributed by atoms with Crippen molar-refractivity contribution >= 4 is 34.7 Å². The van der Waals surface area contributed by atoms with Crippen molar-refractivity contribution in [2.24, 2.45) is 0 Å². The van der Waals surface area contributed by atoms with Crippen LogP contribution in [0.4, 0.5) is 8.63 Å². The third-order valence-corrected chi connectivity index (χ3v) is 4.27. The Balaban J connectivity index is 2.08. The molecule has 2 nitrogen and oxygen atoms in total. The van der Waals surface area contributed by atoms with Gasteiger partial charge in [0.15, 0.2) is 5.70 Å². The number of halogens is 3. The molecular weight excluding hydrogens is 337 g/mol. The van der Waals surface area contributed by atoms with Crippen LogP contribution in [0.3, 0.4) is 0 Å². The SMILES string of the molecule is F[B-]1(F)n2cc(Br)cc2C(c2ccccc2)=C2C=CC=[N+]21. The van der Waals surface area contributed by atoms with Gasteiger partial charge < -0.3 is 17.6 Å². The summed E-state index contributed by atoms with van der Waals surface area (Å²) >= 11 is 3.31. The van der Waals surface area contributed by atoms with Crippen molar-refractivity contribution in [2.45, 2.75) is 0 Å². The molecule has 0 aliphatic carbocycles. The average molecular weight is 347 g/mol. The first-order chi connectivity index (χ1) is 10.1. The van der Waals surface area contributed by atoms with Crippen molar-refractivity contribution in [3.05, 3.63) is 76.2 Å². The fourth-order valence-electron chi connectivity index (χ4n) is 2.95. The lowest BCUT2D eigenvalue weighted by molar-refractivity contribution is -0.356. The molecule has 0 atom stereocenters. The quantitative estimate of drug-likeness (QED) is 0.692. The molecule has 104 valence electrons. The molecule has 6 heteroatoms. The summed E-state index contributed by atoms with van der Waals surface area (Å²) in [6, 6.07) is 11.4. The van der Waals surface area contributed by atoms with Crippen LogP contribution in [-0.2, 0) is 0 Å². The van der Waals surface area contributed by atoms with E-state index < -0.39 is 6.97 Å². The van der Waals surface area contributed by atoms with Gasteiger partial charge in [-0.25, -0.2) is 0 Å². The molecule has 0 saturated carbocycles. The minimum absolute atomic E-state index is 0.532. The zero-order valence-corrected chi connectivity index (χ0v) is 12.5. The Morgan fingerprint density at radius 2 is 1.90 bits per heavy atom. The molecular formula is C15H10BBrF2N2. The largest absolute Gasteiger partial charge is 0.737 e. The zero-order chi connectivity index (χ0) is 14.6. The molecule has 2 aliphatic heterocycles. The Bertz CT molecular complexity index is 835. The lowest BCUT2D eigenvalue weighted by Gasteiger charge is -2.30. The standard InChI is InChI=1S/C15H10BBrF2N2/c17-12-9-14-15(11-5-2-1-3-6-11)13-7-4-8-20(13)16(18,19)21(14)10-12/h1-10H. The number of nitrogens with zero attached hydrogens (tertiary/aromatic N) is 2. The number of aromatic nitrogens is 1. The van der Waals surface area contributed by atoms with Crippen LogP contribution in [0.5, 0.6) is 0 Å². The molecule has 21 heavy (non-hydrogen) atoms. The molecule has 0 unspecified atom stereocenters. The third kappa shape index (κ3) is 1.72. The molecule has 1 aromatic carbocycles. The second-order valence-electron chi connectivity index (χ2n) is 5.08. The van der Waals surface area contributed by atoms with E-state index in [1.807, 2.05) is 30.3 Å². The Morgan fingerprint density at radius 3 is 2.67 bits per heavy atom. The first-order valence-corrected chi connectivity index (χ1v) is 7.38. The van der Waals surface area contributed by atoms with Crippen molar-refractivity contribution in [3.63, 3.8) is 0 Å². The smallest absolute Gasteiger partial charge is 0.395 e. The Labute approximate surface area is 128 Å². The fraction of sp³-hybridized carbons (Fsp3) is 0. The van der Waals surface area contributed by atoms with Gasteiger partial charge in [-0.05, 0) is 33.8 Å². The van der Waals surface area contributed by atoms with E-state index in [2.05, 4.69) is 15.9 Å². The molecule has 1 aromatic heterocycles. The number of hydrogen-bond donors (Lipinski definition) is 0. The second-order valence-corrected chi connectivity index (χ2v) is 6.00. The molecule has 0 fully saturated rings. The van der Waals surface area contributed by atoms with Gasteiger partial charge >= 0.3 is 6.97 Å². The van der Waals surface area contributed by atoms with E-state index in [1.54, 1.807) is 18.2 Å². The molecule has 0 N–H and O–H groups in total. The molecule has 0 radical (unpaired) electrons. The highest BCUT2D eigenvalue weighted by atomic mass is 79.9. The van der Waals surface area contributed by atoms with E-state index in [0.29, 0.717) is 15.9 Å². The monoisotopic (exact) mass is 346 g/mol. The summed E-state index contributed by atoms with van der Waals surface area (Å²) in [5.74, 6) is 0. The number of benzene rings is 1. The van der Waals surface area contributed by atoms with E-state index >= 15 is 0 Å². The second kappa shape index (κ2) is 4.27. The summed E-state index contributed by atoms with van der Waals surface area (Å²) in [6.07, 6.45) is 6.29. The van der Waals surface area contributed by atoms with Crippen LogP contribution >= 0.6 is 15.9 Å². The first-order valence-electron chi connectivity index (χ1n) is 6.59. The van der Waals surface area contributed by atoms with Crippen LogP contribution in [0.15, 0.2) is 64.9 Å². The minimum Gasteiger partial charge on any atom is -0.395 e. The van der Waals surface area contributed by atoms with Crippen LogP contribution in [0.1, 0.15) is 11.3 Å². The van der Waals surface area contributed by atoms with Gasteiger partial charge in [-0.3, -0.25) is 0 Å². The van der Waals surface area contributed by atoms with Crippen molar-refractivity contribution in [2.75, 3.05) is 0 Å². The maximum Gasteiger partial charge on any atom is 0.737 e. The van der Waals surface area contributed by atoms with Crippen molar-refractivity contribution in [3.8, 4) is 0 Å². The van der Waals surface area contributed by atoms with Crippen LogP contribution in [0.2, 0.25) is 0 Å². The molecule has 0 bridgehead atoms. The lowest BCUT2D eigenvalue weighted by atomic mass is 9.86. The normalized spacial score (nSPS) is 18.5. The molecule has 4 rings (SSSR count). The number of allylic oxidation sites excluding steroid dienone is 2. The van der Waals surface area contributed by atoms with Gasteiger partial charge in [-0.2, -0.15) is 0 Å². The van der Waals surface area contributed by atoms with Crippen LogP contribution in [-0.4, -0.2) is 22.1 Å². The zero-order valence-electron chi connectivity index (χ0n) is 10.9. The van der Waals surface area contributed by atoms with Crippen molar-refractivity contribution < 1.29 is 13.1 Å². The van der Waals surface area contributed by atoms with Crippen molar-refractivity contribution in [1.29, 1.82) is 0 Å². The predicted molar refractivity (Wildman–Crippen MR) is 83.4 cm³/mol. The van der Waals surface area contributed by atoms with E-state index in [1.165, 1.54) is 12.4 Å². The molecule has 2 aromatic rings. The molecule has 2 aliphatic rings. The summed E-state index contributed by atoms with van der Waals surface area (Å²) in [5.41, 5.74) is 2.82. The third-order valence-electron chi connectivity index (χ3n) is 3.84. The molecule has 0 amide bonds. The summed E-state index contributed by atoms with van der Waals surface area (Å²) in [5, 5.41) is 0. The van der Waals surface area contributed by atoms with Gasteiger partial charge in [-0.15, -0.1) is 0 Å². The fourth-order valence-corrected chi connectivity index (χ4v) is 3.38. The van der Waals surface area contributed by atoms with E-state index in [-0.39, 0.29) is 0 Å². The lowest BCUT2D eigenvalue weighted by Crippen LogP contribution is -2.49. The van der Waals surface area contributed by atoms with Gasteiger partial charge in [-0.1, -0.05) is 30.3 Å². The van der Waals surface area contributed by atoms with Crippen LogP contribution in [0.25, 0.3) is 5.57 Å². The predicted octanol–water partition coefficient (Wildman–Crippen LogP) is 3.90. The Hall–Kier alpha value is -1.95. The highest BCUT2D eigenvalue weighted by Gasteiger charge is 2.51. The first kappa shape index (κ1) is 12.8. The molecule has 3 heterocycles. The van der Waals surface area contributed by atoms with Gasteiger partial charge in [0.2, 0.25) is 0 Å². The summed E-state index contributed by atoms with van der Waals surface area (Å²) < 4.78 is 32.2. The van der Waals surface area contributed by atoms with E-state index in [4.69, 9.17) is 0 Å². The van der Waals surface area contributed by atoms with Gasteiger partial charge in [0.25, 0.3) is 0 Å². The Morgan fingerprint density at radius 1 is 1.14 bits per heavy atom. The van der Waals surface area contributed by atoms with Gasteiger partial charge in [0.1, 0.15) is 6.21 Å². The van der Waals surface area contributed by atoms with E-state index in [9.17, 15) is 8.63 Å².